The molecule has 1 aromatic rings. The van der Waals surface area contributed by atoms with Gasteiger partial charge in [0.05, 0.1) is 6.10 Å². The molecule has 0 bridgehead atoms. The number of rotatable bonds is 7. The molecule has 1 N–H and O–H groups in total. The molecule has 0 amide bonds. The molecule has 1 aromatic carbocycles. The first-order chi connectivity index (χ1) is 10.1. The first-order valence-corrected chi connectivity index (χ1v) is 8.62. The van der Waals surface area contributed by atoms with Crippen molar-refractivity contribution in [2.24, 2.45) is 5.92 Å². The summed E-state index contributed by atoms with van der Waals surface area (Å²) in [5, 5.41) is 11.1. The normalized spacial score (nSPS) is 17.8. The molecule has 0 aromatic heterocycles. The molecule has 2 rings (SSSR count). The quantitative estimate of drug-likeness (QED) is 0.791. The van der Waals surface area contributed by atoms with Crippen molar-refractivity contribution in [3.63, 3.8) is 0 Å². The largest absolute Gasteiger partial charge is 0.388 e. The lowest BCUT2D eigenvalue weighted by molar-refractivity contribution is 0.116. The zero-order valence-electron chi connectivity index (χ0n) is 13.3. The maximum Gasteiger partial charge on any atom is 0.0816 e. The van der Waals surface area contributed by atoms with Crippen LogP contribution in [0.4, 0.5) is 0 Å². The number of hydrogen-bond acceptors (Lipinski definition) is 2. The van der Waals surface area contributed by atoms with Crippen molar-refractivity contribution in [1.82, 2.24) is 4.90 Å². The number of hydrogen-bond donors (Lipinski definition) is 1. The van der Waals surface area contributed by atoms with Gasteiger partial charge in [0, 0.05) is 24.2 Å². The fourth-order valence-electron chi connectivity index (χ4n) is 3.35. The van der Waals surface area contributed by atoms with Gasteiger partial charge in [-0.25, -0.2) is 0 Å². The first kappa shape index (κ1) is 16.8. The van der Waals surface area contributed by atoms with Crippen LogP contribution in [0.3, 0.4) is 0 Å². The summed E-state index contributed by atoms with van der Waals surface area (Å²) in [4.78, 5) is 2.58. The van der Waals surface area contributed by atoms with E-state index in [1.807, 2.05) is 24.3 Å². The van der Waals surface area contributed by atoms with E-state index in [1.165, 1.54) is 25.7 Å². The van der Waals surface area contributed by atoms with E-state index in [4.69, 9.17) is 11.6 Å². The highest BCUT2D eigenvalue weighted by Gasteiger charge is 2.24. The van der Waals surface area contributed by atoms with Crippen LogP contribution in [0, 0.1) is 5.92 Å². The Balaban J connectivity index is 1.92. The summed E-state index contributed by atoms with van der Waals surface area (Å²) in [7, 11) is 0. The SMILES string of the molecule is CC(C)CN(CCC(O)c1ccccc1Cl)C1CCCC1. The zero-order chi connectivity index (χ0) is 15.2. The highest BCUT2D eigenvalue weighted by Crippen LogP contribution is 2.28. The average Bonchev–Trinajstić information content (AvgIpc) is 2.97. The summed E-state index contributed by atoms with van der Waals surface area (Å²) in [6.45, 7) is 6.62. The van der Waals surface area contributed by atoms with Gasteiger partial charge >= 0.3 is 0 Å². The van der Waals surface area contributed by atoms with Crippen LogP contribution in [0.2, 0.25) is 5.02 Å². The van der Waals surface area contributed by atoms with Gasteiger partial charge in [0.25, 0.3) is 0 Å². The lowest BCUT2D eigenvalue weighted by atomic mass is 10.0. The predicted octanol–water partition coefficient (Wildman–Crippen LogP) is 4.66. The molecule has 0 spiro atoms. The number of aliphatic hydroxyl groups is 1. The lowest BCUT2D eigenvalue weighted by Crippen LogP contribution is -2.37. The van der Waals surface area contributed by atoms with Crippen LogP contribution in [-0.2, 0) is 0 Å². The van der Waals surface area contributed by atoms with E-state index in [0.717, 1.165) is 25.1 Å². The zero-order valence-corrected chi connectivity index (χ0v) is 14.0. The van der Waals surface area contributed by atoms with Gasteiger partial charge in [-0.2, -0.15) is 0 Å². The monoisotopic (exact) mass is 309 g/mol. The second kappa shape index (κ2) is 8.17. The van der Waals surface area contributed by atoms with Crippen LogP contribution in [0.25, 0.3) is 0 Å². The van der Waals surface area contributed by atoms with Crippen LogP contribution in [0.5, 0.6) is 0 Å². The van der Waals surface area contributed by atoms with Gasteiger partial charge in [-0.05, 0) is 36.8 Å². The Bertz CT molecular complexity index is 429. The molecule has 0 saturated heterocycles. The van der Waals surface area contributed by atoms with E-state index >= 15 is 0 Å². The molecule has 1 fully saturated rings. The topological polar surface area (TPSA) is 23.5 Å². The molecule has 1 aliphatic rings. The van der Waals surface area contributed by atoms with Gasteiger partial charge < -0.3 is 10.0 Å². The summed E-state index contributed by atoms with van der Waals surface area (Å²) in [5.41, 5.74) is 0.857. The Morgan fingerprint density at radius 2 is 1.90 bits per heavy atom. The van der Waals surface area contributed by atoms with E-state index in [9.17, 15) is 5.11 Å². The molecule has 21 heavy (non-hydrogen) atoms. The Morgan fingerprint density at radius 3 is 2.52 bits per heavy atom. The second-order valence-electron chi connectivity index (χ2n) is 6.65. The van der Waals surface area contributed by atoms with Crippen molar-refractivity contribution < 1.29 is 5.11 Å². The third kappa shape index (κ3) is 4.98. The van der Waals surface area contributed by atoms with Crippen LogP contribution >= 0.6 is 11.6 Å². The average molecular weight is 310 g/mol. The van der Waals surface area contributed by atoms with Gasteiger partial charge in [0.15, 0.2) is 0 Å². The molecular formula is C18H28ClNO. The molecule has 0 heterocycles. The molecule has 1 saturated carbocycles. The highest BCUT2D eigenvalue weighted by molar-refractivity contribution is 6.31. The number of aliphatic hydroxyl groups excluding tert-OH is 1. The number of nitrogens with zero attached hydrogens (tertiary/aromatic N) is 1. The van der Waals surface area contributed by atoms with Crippen molar-refractivity contribution in [3.8, 4) is 0 Å². The molecule has 1 atom stereocenters. The van der Waals surface area contributed by atoms with Gasteiger partial charge in [-0.1, -0.05) is 56.5 Å². The fraction of sp³-hybridized carbons (Fsp3) is 0.667. The van der Waals surface area contributed by atoms with Gasteiger partial charge in [-0.3, -0.25) is 0 Å². The summed E-state index contributed by atoms with van der Waals surface area (Å²) in [6, 6.07) is 8.33. The number of halogens is 1. The third-order valence-corrected chi connectivity index (χ3v) is 4.74. The lowest BCUT2D eigenvalue weighted by Gasteiger charge is -2.31. The summed E-state index contributed by atoms with van der Waals surface area (Å²) in [6.07, 6.45) is 5.63. The molecule has 1 aliphatic carbocycles. The van der Waals surface area contributed by atoms with Crippen molar-refractivity contribution in [3.05, 3.63) is 34.9 Å². The van der Waals surface area contributed by atoms with Crippen LogP contribution < -0.4 is 0 Å². The minimum atomic E-state index is -0.463. The van der Waals surface area contributed by atoms with Crippen molar-refractivity contribution in [2.75, 3.05) is 13.1 Å². The predicted molar refractivity (Wildman–Crippen MR) is 89.7 cm³/mol. The Morgan fingerprint density at radius 1 is 1.24 bits per heavy atom. The molecule has 1 unspecified atom stereocenters. The molecule has 2 nitrogen and oxygen atoms in total. The Kier molecular flexibility index (Phi) is 6.53. The fourth-order valence-corrected chi connectivity index (χ4v) is 3.61. The van der Waals surface area contributed by atoms with Crippen LogP contribution in [-0.4, -0.2) is 29.1 Å². The molecule has 0 radical (unpaired) electrons. The minimum absolute atomic E-state index is 0.463. The van der Waals surface area contributed by atoms with Gasteiger partial charge in [0.2, 0.25) is 0 Å². The van der Waals surface area contributed by atoms with Crippen LogP contribution in [0.15, 0.2) is 24.3 Å². The molecule has 0 aliphatic heterocycles. The van der Waals surface area contributed by atoms with Gasteiger partial charge in [-0.15, -0.1) is 0 Å². The minimum Gasteiger partial charge on any atom is -0.388 e. The summed E-state index contributed by atoms with van der Waals surface area (Å²) < 4.78 is 0. The van der Waals surface area contributed by atoms with E-state index in [1.54, 1.807) is 0 Å². The highest BCUT2D eigenvalue weighted by atomic mass is 35.5. The maximum atomic E-state index is 10.4. The van der Waals surface area contributed by atoms with Gasteiger partial charge in [0.1, 0.15) is 0 Å². The van der Waals surface area contributed by atoms with E-state index in [-0.39, 0.29) is 0 Å². The van der Waals surface area contributed by atoms with Crippen molar-refractivity contribution in [2.45, 2.75) is 58.1 Å². The molecule has 3 heteroatoms. The first-order valence-electron chi connectivity index (χ1n) is 8.24. The van der Waals surface area contributed by atoms with Crippen molar-refractivity contribution in [1.29, 1.82) is 0 Å². The summed E-state index contributed by atoms with van der Waals surface area (Å²) in [5.74, 6) is 0.669. The molecular weight excluding hydrogens is 282 g/mol. The van der Waals surface area contributed by atoms with Crippen molar-refractivity contribution >= 4 is 11.6 Å². The van der Waals surface area contributed by atoms with E-state index < -0.39 is 6.10 Å². The Hall–Kier alpha value is -0.570. The smallest absolute Gasteiger partial charge is 0.0816 e. The maximum absolute atomic E-state index is 10.4. The molecule has 118 valence electrons. The Labute approximate surface area is 134 Å². The second-order valence-corrected chi connectivity index (χ2v) is 7.06. The van der Waals surface area contributed by atoms with E-state index in [0.29, 0.717) is 17.0 Å². The third-order valence-electron chi connectivity index (χ3n) is 4.39. The number of benzene rings is 1. The van der Waals surface area contributed by atoms with E-state index in [2.05, 4.69) is 18.7 Å². The summed E-state index contributed by atoms with van der Waals surface area (Å²) >= 11 is 6.17. The van der Waals surface area contributed by atoms with Crippen LogP contribution in [0.1, 0.15) is 57.6 Å². The standard InChI is InChI=1S/C18H28ClNO/c1-14(2)13-20(15-7-3-4-8-15)12-11-18(21)16-9-5-6-10-17(16)19/h5-6,9-10,14-15,18,21H,3-4,7-8,11-13H2,1-2H3.